The van der Waals surface area contributed by atoms with E-state index in [2.05, 4.69) is 10.1 Å². The average molecular weight is 265 g/mol. The van der Waals surface area contributed by atoms with Crippen LogP contribution in [0.3, 0.4) is 0 Å². The maximum absolute atomic E-state index is 12.1. The summed E-state index contributed by atoms with van der Waals surface area (Å²) in [7, 11) is 2.87. The second-order valence-corrected chi connectivity index (χ2v) is 4.61. The van der Waals surface area contributed by atoms with E-state index >= 15 is 0 Å². The summed E-state index contributed by atoms with van der Waals surface area (Å²) in [4.78, 5) is 23.1. The number of benzene rings is 1. The van der Waals surface area contributed by atoms with E-state index in [-0.39, 0.29) is 12.5 Å². The first kappa shape index (κ1) is 15.0. The van der Waals surface area contributed by atoms with E-state index in [1.54, 1.807) is 33.1 Å². The van der Waals surface area contributed by atoms with Gasteiger partial charge >= 0.3 is 5.97 Å². The van der Waals surface area contributed by atoms with Crippen LogP contribution in [-0.4, -0.2) is 32.6 Å². The topological polar surface area (TPSA) is 64.6 Å². The van der Waals surface area contributed by atoms with Crippen molar-refractivity contribution < 1.29 is 19.1 Å². The highest BCUT2D eigenvalue weighted by molar-refractivity contribution is 5.89. The lowest BCUT2D eigenvalue weighted by Crippen LogP contribution is -2.42. The Bertz CT molecular complexity index is 451. The molecule has 0 aliphatic rings. The predicted molar refractivity (Wildman–Crippen MR) is 71.0 cm³/mol. The monoisotopic (exact) mass is 265 g/mol. The van der Waals surface area contributed by atoms with E-state index in [1.165, 1.54) is 7.11 Å². The summed E-state index contributed by atoms with van der Waals surface area (Å²) >= 11 is 0. The summed E-state index contributed by atoms with van der Waals surface area (Å²) in [6.07, 6.45) is 0. The summed E-state index contributed by atoms with van der Waals surface area (Å²) < 4.78 is 9.55. The molecule has 5 heteroatoms. The molecule has 0 heterocycles. The van der Waals surface area contributed by atoms with Crippen molar-refractivity contribution >= 4 is 11.9 Å². The molecule has 0 saturated heterocycles. The second kappa shape index (κ2) is 6.22. The van der Waals surface area contributed by atoms with Gasteiger partial charge in [-0.25, -0.2) is 0 Å². The van der Waals surface area contributed by atoms with Gasteiger partial charge in [0.1, 0.15) is 12.3 Å². The fourth-order valence-corrected chi connectivity index (χ4v) is 1.58. The Morgan fingerprint density at radius 2 is 1.74 bits per heavy atom. The highest BCUT2D eigenvalue weighted by Crippen LogP contribution is 2.25. The molecule has 19 heavy (non-hydrogen) atoms. The third-order valence-corrected chi connectivity index (χ3v) is 3.00. The number of nitrogens with one attached hydrogen (secondary N) is 1. The molecule has 0 unspecified atom stereocenters. The summed E-state index contributed by atoms with van der Waals surface area (Å²) in [6, 6.07) is 7.25. The Morgan fingerprint density at radius 3 is 2.21 bits per heavy atom. The molecular weight excluding hydrogens is 246 g/mol. The largest absolute Gasteiger partial charge is 0.497 e. The number of carbonyl (C=O) groups is 2. The van der Waals surface area contributed by atoms with Crippen LogP contribution in [0, 0.1) is 0 Å². The van der Waals surface area contributed by atoms with E-state index in [9.17, 15) is 9.59 Å². The smallest absolute Gasteiger partial charge is 0.325 e. The molecular formula is C14H19NO4. The van der Waals surface area contributed by atoms with Gasteiger partial charge in [0.15, 0.2) is 0 Å². The molecule has 0 radical (unpaired) electrons. The summed E-state index contributed by atoms with van der Waals surface area (Å²) in [5.74, 6) is 0.0245. The summed E-state index contributed by atoms with van der Waals surface area (Å²) in [5, 5.41) is 2.56. The van der Waals surface area contributed by atoms with Crippen molar-refractivity contribution in [2.75, 3.05) is 20.8 Å². The number of hydrogen-bond donors (Lipinski definition) is 1. The minimum absolute atomic E-state index is 0.130. The van der Waals surface area contributed by atoms with Crippen molar-refractivity contribution in [2.24, 2.45) is 0 Å². The quantitative estimate of drug-likeness (QED) is 0.814. The molecule has 0 aliphatic carbocycles. The third-order valence-electron chi connectivity index (χ3n) is 3.00. The van der Waals surface area contributed by atoms with Gasteiger partial charge < -0.3 is 14.8 Å². The number of rotatable bonds is 5. The lowest BCUT2D eigenvalue weighted by Gasteiger charge is -2.24. The molecule has 0 aromatic heterocycles. The molecule has 1 amide bonds. The standard InChI is InChI=1S/C14H19NO4/c1-14(2,13(17)15-9-12(16)19-4)10-5-7-11(18-3)8-6-10/h5-8H,9H2,1-4H3,(H,15,17). The zero-order chi connectivity index (χ0) is 14.5. The van der Waals surface area contributed by atoms with Gasteiger partial charge in [0.05, 0.1) is 19.6 Å². The molecule has 0 saturated carbocycles. The zero-order valence-electron chi connectivity index (χ0n) is 11.6. The summed E-state index contributed by atoms with van der Waals surface area (Å²) in [5.41, 5.74) is 0.107. The Kier molecular flexibility index (Phi) is 4.92. The van der Waals surface area contributed by atoms with Crippen LogP contribution in [-0.2, 0) is 19.7 Å². The number of amides is 1. The van der Waals surface area contributed by atoms with Crippen molar-refractivity contribution in [1.29, 1.82) is 0 Å². The maximum atomic E-state index is 12.1. The fraction of sp³-hybridized carbons (Fsp3) is 0.429. The molecule has 1 N–H and O–H groups in total. The van der Waals surface area contributed by atoms with Crippen LogP contribution in [0.4, 0.5) is 0 Å². The van der Waals surface area contributed by atoms with E-state index < -0.39 is 11.4 Å². The molecule has 0 atom stereocenters. The van der Waals surface area contributed by atoms with Crippen LogP contribution >= 0.6 is 0 Å². The lowest BCUT2D eigenvalue weighted by atomic mass is 9.83. The van der Waals surface area contributed by atoms with E-state index in [4.69, 9.17) is 4.74 Å². The molecule has 104 valence electrons. The summed E-state index contributed by atoms with van der Waals surface area (Å²) in [6.45, 7) is 3.46. The van der Waals surface area contributed by atoms with Crippen LogP contribution in [0.5, 0.6) is 5.75 Å². The molecule has 0 spiro atoms. The molecule has 1 aromatic rings. The Hall–Kier alpha value is -2.04. The SMILES string of the molecule is COC(=O)CNC(=O)C(C)(C)c1ccc(OC)cc1. The molecule has 1 aromatic carbocycles. The zero-order valence-corrected chi connectivity index (χ0v) is 11.6. The van der Waals surface area contributed by atoms with Crippen LogP contribution < -0.4 is 10.1 Å². The minimum Gasteiger partial charge on any atom is -0.497 e. The normalized spacial score (nSPS) is 10.7. The third kappa shape index (κ3) is 3.71. The molecule has 0 fully saturated rings. The number of hydrogen-bond acceptors (Lipinski definition) is 4. The van der Waals surface area contributed by atoms with Gasteiger partial charge in [0.2, 0.25) is 5.91 Å². The van der Waals surface area contributed by atoms with Gasteiger partial charge in [-0.3, -0.25) is 9.59 Å². The number of methoxy groups -OCH3 is 2. The van der Waals surface area contributed by atoms with E-state index in [0.29, 0.717) is 0 Å². The second-order valence-electron chi connectivity index (χ2n) is 4.61. The van der Waals surface area contributed by atoms with Crippen molar-refractivity contribution in [2.45, 2.75) is 19.3 Å². The predicted octanol–water partition coefficient (Wildman–Crippen LogP) is 1.26. The van der Waals surface area contributed by atoms with Crippen molar-refractivity contribution in [3.8, 4) is 5.75 Å². The van der Waals surface area contributed by atoms with Gasteiger partial charge in [-0.1, -0.05) is 12.1 Å². The first-order valence-corrected chi connectivity index (χ1v) is 5.91. The minimum atomic E-state index is -0.736. The molecule has 1 rings (SSSR count). The molecule has 0 bridgehead atoms. The number of carbonyl (C=O) groups excluding carboxylic acids is 2. The van der Waals surface area contributed by atoms with Gasteiger partial charge in [-0.2, -0.15) is 0 Å². The molecule has 5 nitrogen and oxygen atoms in total. The Morgan fingerprint density at radius 1 is 1.16 bits per heavy atom. The number of esters is 1. The van der Waals surface area contributed by atoms with Crippen LogP contribution in [0.1, 0.15) is 19.4 Å². The first-order valence-electron chi connectivity index (χ1n) is 5.91. The van der Waals surface area contributed by atoms with Gasteiger partial charge in [0.25, 0.3) is 0 Å². The molecule has 0 aliphatic heterocycles. The fourth-order valence-electron chi connectivity index (χ4n) is 1.58. The Labute approximate surface area is 112 Å². The maximum Gasteiger partial charge on any atom is 0.325 e. The highest BCUT2D eigenvalue weighted by Gasteiger charge is 2.29. The van der Waals surface area contributed by atoms with E-state index in [1.807, 2.05) is 12.1 Å². The Balaban J connectivity index is 2.77. The van der Waals surface area contributed by atoms with Gasteiger partial charge in [-0.05, 0) is 31.5 Å². The first-order chi connectivity index (χ1) is 8.91. The van der Waals surface area contributed by atoms with Crippen molar-refractivity contribution in [3.63, 3.8) is 0 Å². The van der Waals surface area contributed by atoms with Crippen LogP contribution in [0.15, 0.2) is 24.3 Å². The van der Waals surface area contributed by atoms with Crippen LogP contribution in [0.25, 0.3) is 0 Å². The van der Waals surface area contributed by atoms with Crippen molar-refractivity contribution in [3.05, 3.63) is 29.8 Å². The highest BCUT2D eigenvalue weighted by atomic mass is 16.5. The number of ether oxygens (including phenoxy) is 2. The van der Waals surface area contributed by atoms with Gasteiger partial charge in [0, 0.05) is 0 Å². The van der Waals surface area contributed by atoms with Gasteiger partial charge in [-0.15, -0.1) is 0 Å². The van der Waals surface area contributed by atoms with Crippen molar-refractivity contribution in [1.82, 2.24) is 5.32 Å². The van der Waals surface area contributed by atoms with Crippen LogP contribution in [0.2, 0.25) is 0 Å². The average Bonchev–Trinajstić information content (AvgIpc) is 2.44. The lowest BCUT2D eigenvalue weighted by molar-refractivity contribution is -0.141. The van der Waals surface area contributed by atoms with E-state index in [0.717, 1.165) is 11.3 Å².